The van der Waals surface area contributed by atoms with Gasteiger partial charge in [0.15, 0.2) is 0 Å². The fraction of sp³-hybridized carbons (Fsp3) is 0.500. The van der Waals surface area contributed by atoms with Crippen molar-refractivity contribution in [1.82, 2.24) is 5.32 Å². The summed E-state index contributed by atoms with van der Waals surface area (Å²) in [7, 11) is 0. The van der Waals surface area contributed by atoms with Gasteiger partial charge in [0, 0.05) is 18.5 Å². The maximum Gasteiger partial charge on any atom is 0.220 e. The van der Waals surface area contributed by atoms with Crippen LogP contribution < -0.4 is 11.1 Å². The largest absolute Gasteiger partial charge is 0.352 e. The molecule has 0 spiro atoms. The Morgan fingerprint density at radius 2 is 2.11 bits per heavy atom. The molecule has 2 rings (SSSR count). The van der Waals surface area contributed by atoms with Crippen molar-refractivity contribution in [2.45, 2.75) is 32.2 Å². The van der Waals surface area contributed by atoms with Gasteiger partial charge in [-0.2, -0.15) is 0 Å². The highest BCUT2D eigenvalue weighted by molar-refractivity contribution is 5.76. The Morgan fingerprint density at radius 3 is 2.67 bits per heavy atom. The first-order valence-electron chi connectivity index (χ1n) is 6.35. The molecule has 18 heavy (non-hydrogen) atoms. The van der Waals surface area contributed by atoms with Crippen LogP contribution in [0.5, 0.6) is 0 Å². The van der Waals surface area contributed by atoms with Gasteiger partial charge in [-0.25, -0.2) is 4.39 Å². The molecule has 1 saturated carbocycles. The van der Waals surface area contributed by atoms with E-state index in [1.165, 1.54) is 6.07 Å². The fourth-order valence-corrected chi connectivity index (χ4v) is 2.37. The number of rotatable bonds is 5. The van der Waals surface area contributed by atoms with Gasteiger partial charge in [0.2, 0.25) is 5.91 Å². The van der Waals surface area contributed by atoms with Gasteiger partial charge in [0.05, 0.1) is 0 Å². The first-order valence-corrected chi connectivity index (χ1v) is 6.35. The molecule has 1 aliphatic carbocycles. The van der Waals surface area contributed by atoms with E-state index >= 15 is 0 Å². The van der Waals surface area contributed by atoms with Crippen LogP contribution >= 0.6 is 0 Å². The number of halogens is 1. The number of hydrogen-bond donors (Lipinski definition) is 2. The molecule has 0 saturated heterocycles. The Kier molecular flexibility index (Phi) is 3.97. The maximum atomic E-state index is 13.4. The normalized spacial score (nSPS) is 17.0. The van der Waals surface area contributed by atoms with E-state index < -0.39 is 0 Å². The van der Waals surface area contributed by atoms with E-state index in [0.29, 0.717) is 18.5 Å². The third kappa shape index (κ3) is 2.88. The zero-order valence-corrected chi connectivity index (χ0v) is 10.4. The van der Waals surface area contributed by atoms with Gasteiger partial charge in [-0.05, 0) is 30.9 Å². The monoisotopic (exact) mass is 250 g/mol. The number of amides is 1. The molecule has 3 nitrogen and oxygen atoms in total. The summed E-state index contributed by atoms with van der Waals surface area (Å²) in [5, 5.41) is 2.76. The highest BCUT2D eigenvalue weighted by Gasteiger charge is 2.37. The second-order valence-corrected chi connectivity index (χ2v) is 5.10. The molecule has 0 bridgehead atoms. The molecule has 0 aromatic heterocycles. The average molecular weight is 250 g/mol. The van der Waals surface area contributed by atoms with Crippen molar-refractivity contribution in [1.29, 1.82) is 0 Å². The Balaban J connectivity index is 1.83. The molecule has 1 aromatic carbocycles. The van der Waals surface area contributed by atoms with Crippen LogP contribution in [-0.4, -0.2) is 12.5 Å². The van der Waals surface area contributed by atoms with E-state index in [1.807, 2.05) is 0 Å². The summed E-state index contributed by atoms with van der Waals surface area (Å²) in [6, 6.07) is 6.47. The van der Waals surface area contributed by atoms with Gasteiger partial charge in [0.25, 0.3) is 0 Å². The van der Waals surface area contributed by atoms with Gasteiger partial charge in [-0.1, -0.05) is 24.6 Å². The second kappa shape index (κ2) is 5.48. The minimum atomic E-state index is -0.282. The molecule has 0 atom stereocenters. The second-order valence-electron chi connectivity index (χ2n) is 5.10. The van der Waals surface area contributed by atoms with Crippen LogP contribution in [0, 0.1) is 11.2 Å². The molecular weight excluding hydrogens is 231 g/mol. The predicted octanol–water partition coefficient (Wildman–Crippen LogP) is 1.96. The lowest BCUT2D eigenvalue weighted by molar-refractivity contribution is -0.124. The van der Waals surface area contributed by atoms with Gasteiger partial charge >= 0.3 is 0 Å². The molecule has 3 N–H and O–H groups in total. The molecule has 0 unspecified atom stereocenters. The van der Waals surface area contributed by atoms with Crippen LogP contribution in [0.2, 0.25) is 0 Å². The molecule has 1 aromatic rings. The number of benzene rings is 1. The zero-order chi connectivity index (χ0) is 13.0. The molecule has 0 radical (unpaired) electrons. The van der Waals surface area contributed by atoms with E-state index in [2.05, 4.69) is 5.32 Å². The quantitative estimate of drug-likeness (QED) is 0.839. The van der Waals surface area contributed by atoms with Crippen molar-refractivity contribution >= 4 is 5.91 Å². The Bertz CT molecular complexity index is 424. The van der Waals surface area contributed by atoms with Gasteiger partial charge in [-0.15, -0.1) is 0 Å². The number of carbonyl (C=O) groups excluding carboxylic acids is 1. The molecule has 4 heteroatoms. The van der Waals surface area contributed by atoms with Crippen LogP contribution in [0.15, 0.2) is 24.3 Å². The SMILES string of the molecule is NCC1(CC(=O)NCc2ccccc2F)CCC1. The summed E-state index contributed by atoms with van der Waals surface area (Å²) in [5.41, 5.74) is 6.22. The van der Waals surface area contributed by atoms with Gasteiger partial charge < -0.3 is 11.1 Å². The third-order valence-corrected chi connectivity index (χ3v) is 3.82. The molecule has 1 amide bonds. The lowest BCUT2D eigenvalue weighted by Gasteiger charge is -2.40. The highest BCUT2D eigenvalue weighted by atomic mass is 19.1. The molecule has 98 valence electrons. The smallest absolute Gasteiger partial charge is 0.220 e. The van der Waals surface area contributed by atoms with Crippen molar-refractivity contribution in [3.8, 4) is 0 Å². The summed E-state index contributed by atoms with van der Waals surface area (Å²) in [6.45, 7) is 0.798. The van der Waals surface area contributed by atoms with Crippen molar-refractivity contribution in [3.63, 3.8) is 0 Å². The van der Waals surface area contributed by atoms with Crippen LogP contribution in [0.4, 0.5) is 4.39 Å². The van der Waals surface area contributed by atoms with Crippen LogP contribution in [0.25, 0.3) is 0 Å². The van der Waals surface area contributed by atoms with Crippen LogP contribution in [0.3, 0.4) is 0 Å². The third-order valence-electron chi connectivity index (χ3n) is 3.82. The van der Waals surface area contributed by atoms with Crippen molar-refractivity contribution < 1.29 is 9.18 Å². The molecule has 0 aliphatic heterocycles. The van der Waals surface area contributed by atoms with Gasteiger partial charge in [-0.3, -0.25) is 4.79 Å². The lowest BCUT2D eigenvalue weighted by atomic mass is 9.66. The molecular formula is C14H19FN2O. The van der Waals surface area contributed by atoms with E-state index in [1.54, 1.807) is 18.2 Å². The topological polar surface area (TPSA) is 55.1 Å². The summed E-state index contributed by atoms with van der Waals surface area (Å²) >= 11 is 0. The Hall–Kier alpha value is -1.42. The number of nitrogens with one attached hydrogen (secondary N) is 1. The first kappa shape index (κ1) is 13.0. The Labute approximate surface area is 107 Å². The maximum absolute atomic E-state index is 13.4. The van der Waals surface area contributed by atoms with Crippen molar-refractivity contribution in [2.75, 3.05) is 6.54 Å². The minimum absolute atomic E-state index is 0.000679. The van der Waals surface area contributed by atoms with Crippen LogP contribution in [0.1, 0.15) is 31.2 Å². The molecule has 1 aliphatic rings. The summed E-state index contributed by atoms with van der Waals surface area (Å²) in [4.78, 5) is 11.8. The van der Waals surface area contributed by atoms with Crippen LogP contribution in [-0.2, 0) is 11.3 Å². The average Bonchev–Trinajstić information content (AvgIpc) is 2.33. The van der Waals surface area contributed by atoms with E-state index in [-0.39, 0.29) is 23.7 Å². The number of hydrogen-bond acceptors (Lipinski definition) is 2. The van der Waals surface area contributed by atoms with Gasteiger partial charge in [0.1, 0.15) is 5.82 Å². The lowest BCUT2D eigenvalue weighted by Crippen LogP contribution is -2.41. The van der Waals surface area contributed by atoms with E-state index in [9.17, 15) is 9.18 Å². The summed E-state index contributed by atoms with van der Waals surface area (Å²) in [5.74, 6) is -0.321. The standard InChI is InChI=1S/C14H19FN2O/c15-12-5-2-1-4-11(12)9-17-13(18)8-14(10-16)6-3-7-14/h1-2,4-5H,3,6-10,16H2,(H,17,18). The number of carbonyl (C=O) groups is 1. The highest BCUT2D eigenvalue weighted by Crippen LogP contribution is 2.42. The minimum Gasteiger partial charge on any atom is -0.352 e. The first-order chi connectivity index (χ1) is 8.65. The molecule has 0 heterocycles. The van der Waals surface area contributed by atoms with Crippen molar-refractivity contribution in [3.05, 3.63) is 35.6 Å². The fourth-order valence-electron chi connectivity index (χ4n) is 2.37. The summed E-state index contributed by atoms with van der Waals surface area (Å²) < 4.78 is 13.4. The van der Waals surface area contributed by atoms with E-state index in [4.69, 9.17) is 5.73 Å². The zero-order valence-electron chi connectivity index (χ0n) is 10.4. The predicted molar refractivity (Wildman–Crippen MR) is 68.2 cm³/mol. The summed E-state index contributed by atoms with van der Waals surface area (Å²) in [6.07, 6.45) is 3.66. The number of nitrogens with two attached hydrogens (primary N) is 1. The van der Waals surface area contributed by atoms with E-state index in [0.717, 1.165) is 19.3 Å². The Morgan fingerprint density at radius 1 is 1.39 bits per heavy atom. The van der Waals surface area contributed by atoms with Crippen molar-refractivity contribution in [2.24, 2.45) is 11.1 Å². The molecule has 1 fully saturated rings.